The number of fused-ring (bicyclic) bond motifs is 6. The molecule has 1 amide bonds. The average Bonchev–Trinajstić information content (AvgIpc) is 3.32. The van der Waals surface area contributed by atoms with Gasteiger partial charge in [-0.25, -0.2) is 9.80 Å². The van der Waals surface area contributed by atoms with Crippen molar-refractivity contribution in [1.82, 2.24) is 5.01 Å². The molecule has 2 aliphatic rings. The summed E-state index contributed by atoms with van der Waals surface area (Å²) < 4.78 is 23.3. The van der Waals surface area contributed by atoms with Crippen LogP contribution in [0.3, 0.4) is 0 Å². The second kappa shape index (κ2) is 11.7. The molecule has 2 heterocycles. The quantitative estimate of drug-likeness (QED) is 0.103. The summed E-state index contributed by atoms with van der Waals surface area (Å²) in [6.45, 7) is 2.36. The molecule has 5 aromatic rings. The second-order valence-corrected chi connectivity index (χ2v) is 11.0. The van der Waals surface area contributed by atoms with Gasteiger partial charge in [-0.15, -0.1) is 0 Å². The summed E-state index contributed by atoms with van der Waals surface area (Å²) in [4.78, 5) is 27.3. The first-order valence-corrected chi connectivity index (χ1v) is 15.0. The van der Waals surface area contributed by atoms with Crippen LogP contribution in [-0.4, -0.2) is 36.8 Å². The van der Waals surface area contributed by atoms with Crippen molar-refractivity contribution in [2.45, 2.75) is 12.5 Å². The largest absolute Gasteiger partial charge is 0.497 e. The Morgan fingerprint density at radius 3 is 2.22 bits per heavy atom. The molecule has 1 spiro atoms. The van der Waals surface area contributed by atoms with Crippen molar-refractivity contribution in [1.29, 1.82) is 0 Å². The molecule has 0 bridgehead atoms. The van der Waals surface area contributed by atoms with Crippen LogP contribution in [-0.2, 0) is 5.54 Å². The zero-order valence-corrected chi connectivity index (χ0v) is 25.7. The third kappa shape index (κ3) is 4.74. The van der Waals surface area contributed by atoms with Gasteiger partial charge in [0.1, 0.15) is 34.3 Å². The van der Waals surface area contributed by atoms with Gasteiger partial charge in [-0.1, -0.05) is 41.9 Å². The van der Waals surface area contributed by atoms with Crippen LogP contribution in [0, 0.1) is 0 Å². The average molecular weight is 631 g/mol. The molecular weight excluding hydrogens is 604 g/mol. The first kappa shape index (κ1) is 29.1. The SMILES string of the molecule is CCOc1ccc2c(c1)Oc1cc(OC(=O)c3ccccc3Cl)ccc1C21c2ccccc2C(=O)N1/N=C/c1ccc(OC)cc1. The van der Waals surface area contributed by atoms with Crippen LogP contribution in [0.15, 0.2) is 114 Å². The summed E-state index contributed by atoms with van der Waals surface area (Å²) in [7, 11) is 1.60. The maximum Gasteiger partial charge on any atom is 0.345 e. The number of hydrazone groups is 1. The first-order valence-electron chi connectivity index (χ1n) is 14.6. The fourth-order valence-corrected chi connectivity index (χ4v) is 6.19. The standard InChI is InChI=1S/C37H27ClN2O6/c1-3-44-25-16-18-30-33(20-25)46-34-21-26(45-36(42)28-9-5-7-11-32(28)38)17-19-31(34)37(30)29-10-6-4-8-27(29)35(41)40(37)39-22-23-12-14-24(43-2)15-13-23/h4-22H,3H2,1-2H3/b39-22+. The van der Waals surface area contributed by atoms with Crippen LogP contribution in [0.2, 0.25) is 5.02 Å². The number of methoxy groups -OCH3 is 1. The number of benzene rings is 5. The number of halogens is 1. The second-order valence-electron chi connectivity index (χ2n) is 10.6. The van der Waals surface area contributed by atoms with Crippen molar-refractivity contribution in [2.24, 2.45) is 5.10 Å². The molecule has 1 unspecified atom stereocenters. The van der Waals surface area contributed by atoms with Crippen molar-refractivity contribution in [3.8, 4) is 28.7 Å². The third-order valence-corrected chi connectivity index (χ3v) is 8.35. The van der Waals surface area contributed by atoms with E-state index in [1.807, 2.05) is 61.5 Å². The smallest absolute Gasteiger partial charge is 0.345 e. The number of rotatable bonds is 7. The van der Waals surface area contributed by atoms with Crippen LogP contribution < -0.4 is 18.9 Å². The molecule has 228 valence electrons. The van der Waals surface area contributed by atoms with E-state index in [1.54, 1.807) is 67.9 Å². The maximum atomic E-state index is 14.2. The lowest BCUT2D eigenvalue weighted by Gasteiger charge is -2.41. The highest BCUT2D eigenvalue weighted by molar-refractivity contribution is 6.33. The van der Waals surface area contributed by atoms with E-state index in [1.165, 1.54) is 5.01 Å². The molecule has 0 N–H and O–H groups in total. The van der Waals surface area contributed by atoms with E-state index in [0.717, 1.165) is 11.1 Å². The lowest BCUT2D eigenvalue weighted by molar-refractivity contribution is 0.0675. The van der Waals surface area contributed by atoms with Gasteiger partial charge in [0.15, 0.2) is 0 Å². The predicted molar refractivity (Wildman–Crippen MR) is 174 cm³/mol. The van der Waals surface area contributed by atoms with Crippen molar-refractivity contribution in [3.63, 3.8) is 0 Å². The van der Waals surface area contributed by atoms with E-state index in [9.17, 15) is 9.59 Å². The lowest BCUT2D eigenvalue weighted by atomic mass is 9.75. The van der Waals surface area contributed by atoms with Gasteiger partial charge in [0.2, 0.25) is 0 Å². The van der Waals surface area contributed by atoms with Crippen LogP contribution in [0.25, 0.3) is 0 Å². The van der Waals surface area contributed by atoms with E-state index in [2.05, 4.69) is 0 Å². The Kier molecular flexibility index (Phi) is 7.42. The normalized spacial score (nSPS) is 16.1. The van der Waals surface area contributed by atoms with Gasteiger partial charge < -0.3 is 18.9 Å². The van der Waals surface area contributed by atoms with Crippen LogP contribution in [0.5, 0.6) is 28.7 Å². The monoisotopic (exact) mass is 630 g/mol. The number of nitrogens with zero attached hydrogens (tertiary/aromatic N) is 2. The van der Waals surface area contributed by atoms with Gasteiger partial charge >= 0.3 is 5.97 Å². The zero-order chi connectivity index (χ0) is 31.8. The van der Waals surface area contributed by atoms with E-state index in [4.69, 9.17) is 35.6 Å². The van der Waals surface area contributed by atoms with Crippen molar-refractivity contribution < 1.29 is 28.5 Å². The van der Waals surface area contributed by atoms with Crippen molar-refractivity contribution in [3.05, 3.63) is 148 Å². The van der Waals surface area contributed by atoms with Gasteiger partial charge in [-0.3, -0.25) is 4.79 Å². The number of carbonyl (C=O) groups is 2. The molecule has 0 saturated heterocycles. The molecule has 0 saturated carbocycles. The molecule has 9 heteroatoms. The predicted octanol–water partition coefficient (Wildman–Crippen LogP) is 7.85. The third-order valence-electron chi connectivity index (χ3n) is 8.02. The van der Waals surface area contributed by atoms with E-state index in [-0.39, 0.29) is 22.2 Å². The number of amides is 1. The van der Waals surface area contributed by atoms with Crippen molar-refractivity contribution >= 4 is 29.7 Å². The fourth-order valence-electron chi connectivity index (χ4n) is 5.98. The molecule has 0 aliphatic carbocycles. The molecule has 46 heavy (non-hydrogen) atoms. The summed E-state index contributed by atoms with van der Waals surface area (Å²) in [5.41, 5.74) is 2.40. The Morgan fingerprint density at radius 2 is 1.50 bits per heavy atom. The summed E-state index contributed by atoms with van der Waals surface area (Å²) in [6, 6.07) is 32.2. The first-order chi connectivity index (χ1) is 22.4. The van der Waals surface area contributed by atoms with Crippen molar-refractivity contribution in [2.75, 3.05) is 13.7 Å². The van der Waals surface area contributed by atoms with E-state index in [0.29, 0.717) is 46.3 Å². The molecule has 0 fully saturated rings. The molecule has 0 aromatic heterocycles. The minimum atomic E-state index is -1.21. The summed E-state index contributed by atoms with van der Waals surface area (Å²) in [5, 5.41) is 6.61. The topological polar surface area (TPSA) is 86.7 Å². The summed E-state index contributed by atoms with van der Waals surface area (Å²) in [6.07, 6.45) is 1.65. The summed E-state index contributed by atoms with van der Waals surface area (Å²) >= 11 is 6.25. The number of hydrogen-bond donors (Lipinski definition) is 0. The Balaban J connectivity index is 1.41. The van der Waals surface area contributed by atoms with Crippen LogP contribution >= 0.6 is 11.6 Å². The lowest BCUT2D eigenvalue weighted by Crippen LogP contribution is -2.44. The molecule has 8 nitrogen and oxygen atoms in total. The van der Waals surface area contributed by atoms with Gasteiger partial charge in [0, 0.05) is 34.4 Å². The van der Waals surface area contributed by atoms with Gasteiger partial charge in [-0.05, 0) is 79.2 Å². The highest BCUT2D eigenvalue weighted by atomic mass is 35.5. The molecular formula is C37H27ClN2O6. The Morgan fingerprint density at radius 1 is 0.848 bits per heavy atom. The van der Waals surface area contributed by atoms with Gasteiger partial charge in [0.25, 0.3) is 5.91 Å². The van der Waals surface area contributed by atoms with Gasteiger partial charge in [0.05, 0.1) is 30.5 Å². The highest BCUT2D eigenvalue weighted by Crippen LogP contribution is 2.58. The van der Waals surface area contributed by atoms with Crippen LogP contribution in [0.1, 0.15) is 49.9 Å². The Labute approximate surface area is 270 Å². The minimum absolute atomic E-state index is 0.236. The van der Waals surface area contributed by atoms with E-state index < -0.39 is 11.5 Å². The molecule has 0 radical (unpaired) electrons. The zero-order valence-electron chi connectivity index (χ0n) is 24.9. The molecule has 1 atom stereocenters. The molecule has 2 aliphatic heterocycles. The van der Waals surface area contributed by atoms with Crippen LogP contribution in [0.4, 0.5) is 0 Å². The molecule has 5 aromatic carbocycles. The maximum absolute atomic E-state index is 14.2. The Bertz CT molecular complexity index is 2030. The number of carbonyl (C=O) groups excluding carboxylic acids is 2. The van der Waals surface area contributed by atoms with E-state index >= 15 is 0 Å². The molecule has 7 rings (SSSR count). The fraction of sp³-hybridized carbons (Fsp3) is 0.108. The number of hydrogen-bond acceptors (Lipinski definition) is 7. The summed E-state index contributed by atoms with van der Waals surface area (Å²) in [5.74, 6) is 1.54. The Hall–Kier alpha value is -5.60. The number of esters is 1. The number of ether oxygens (including phenoxy) is 4. The minimum Gasteiger partial charge on any atom is -0.497 e. The van der Waals surface area contributed by atoms with Gasteiger partial charge in [-0.2, -0.15) is 5.10 Å². The highest BCUT2D eigenvalue weighted by Gasteiger charge is 2.57.